The summed E-state index contributed by atoms with van der Waals surface area (Å²) in [5.74, 6) is -1.35. The van der Waals surface area contributed by atoms with Crippen LogP contribution in [0.5, 0.6) is 5.75 Å². The van der Waals surface area contributed by atoms with Crippen molar-refractivity contribution in [2.45, 2.75) is 24.8 Å². The maximum Gasteiger partial charge on any atom is 0.335 e. The number of rotatable bonds is 7. The normalized spacial score (nSPS) is 13.2. The van der Waals surface area contributed by atoms with E-state index >= 15 is 0 Å². The summed E-state index contributed by atoms with van der Waals surface area (Å²) in [6, 6.07) is 2.85. The summed E-state index contributed by atoms with van der Waals surface area (Å²) in [6.45, 7) is 3.20. The smallest absolute Gasteiger partial charge is 0.335 e. The molecule has 0 radical (unpaired) electrons. The van der Waals surface area contributed by atoms with E-state index in [1.807, 2.05) is 0 Å². The van der Waals surface area contributed by atoms with Gasteiger partial charge in [0.1, 0.15) is 10.6 Å². The number of methoxy groups -OCH3 is 1. The molecular weight excluding hydrogens is 298 g/mol. The number of carboxylic acids is 1. The highest BCUT2D eigenvalue weighted by atomic mass is 32.2. The Balaban J connectivity index is 3.22. The Bertz CT molecular complexity index is 611. The van der Waals surface area contributed by atoms with Gasteiger partial charge in [-0.2, -0.15) is 0 Å². The number of nitrogens with one attached hydrogen (secondary N) is 1. The lowest BCUT2D eigenvalue weighted by molar-refractivity contribution is 0.0696. The van der Waals surface area contributed by atoms with Crippen molar-refractivity contribution < 1.29 is 28.2 Å². The van der Waals surface area contributed by atoms with Crippen LogP contribution in [0.15, 0.2) is 23.1 Å². The first-order valence-corrected chi connectivity index (χ1v) is 7.75. The van der Waals surface area contributed by atoms with Crippen LogP contribution in [0.3, 0.4) is 0 Å². The average molecular weight is 317 g/mol. The van der Waals surface area contributed by atoms with Crippen LogP contribution in [-0.4, -0.2) is 44.4 Å². The van der Waals surface area contributed by atoms with E-state index in [0.29, 0.717) is 0 Å². The van der Waals surface area contributed by atoms with Crippen molar-refractivity contribution in [1.82, 2.24) is 4.72 Å². The second-order valence-corrected chi connectivity index (χ2v) is 6.51. The van der Waals surface area contributed by atoms with Crippen LogP contribution in [-0.2, 0) is 10.0 Å². The number of carbonyl (C=O) groups is 1. The Hall–Kier alpha value is -1.64. The van der Waals surface area contributed by atoms with E-state index in [9.17, 15) is 18.3 Å². The van der Waals surface area contributed by atoms with Crippen molar-refractivity contribution in [2.75, 3.05) is 13.7 Å². The van der Waals surface area contributed by atoms with Crippen molar-refractivity contribution in [2.24, 2.45) is 5.92 Å². The van der Waals surface area contributed by atoms with Gasteiger partial charge in [-0.05, 0) is 24.1 Å². The van der Waals surface area contributed by atoms with Crippen molar-refractivity contribution >= 4 is 16.0 Å². The predicted molar refractivity (Wildman–Crippen MR) is 76.0 cm³/mol. The van der Waals surface area contributed by atoms with E-state index in [-0.39, 0.29) is 28.7 Å². The highest BCUT2D eigenvalue weighted by molar-refractivity contribution is 7.89. The van der Waals surface area contributed by atoms with E-state index < -0.39 is 22.0 Å². The van der Waals surface area contributed by atoms with Crippen LogP contribution in [0.25, 0.3) is 0 Å². The van der Waals surface area contributed by atoms with Gasteiger partial charge in [-0.1, -0.05) is 13.8 Å². The Morgan fingerprint density at radius 1 is 1.38 bits per heavy atom. The predicted octanol–water partition coefficient (Wildman–Crippen LogP) is 0.689. The van der Waals surface area contributed by atoms with Gasteiger partial charge < -0.3 is 14.9 Å². The van der Waals surface area contributed by atoms with E-state index in [2.05, 4.69) is 4.72 Å². The average Bonchev–Trinajstić information content (AvgIpc) is 2.43. The summed E-state index contributed by atoms with van der Waals surface area (Å²) < 4.78 is 32.0. The molecule has 0 fully saturated rings. The maximum atomic E-state index is 12.3. The monoisotopic (exact) mass is 317 g/mol. The molecule has 0 aliphatic rings. The van der Waals surface area contributed by atoms with Crippen LogP contribution in [0.2, 0.25) is 0 Å². The fourth-order valence-corrected chi connectivity index (χ4v) is 3.20. The molecule has 0 bridgehead atoms. The minimum Gasteiger partial charge on any atom is -0.495 e. The molecule has 0 saturated heterocycles. The molecule has 0 unspecified atom stereocenters. The van der Waals surface area contributed by atoms with Crippen LogP contribution in [0.1, 0.15) is 24.2 Å². The van der Waals surface area contributed by atoms with Gasteiger partial charge in [0.15, 0.2) is 0 Å². The largest absolute Gasteiger partial charge is 0.495 e. The number of sulfonamides is 1. The van der Waals surface area contributed by atoms with Gasteiger partial charge in [0.2, 0.25) is 10.0 Å². The van der Waals surface area contributed by atoms with Crippen LogP contribution >= 0.6 is 0 Å². The molecule has 0 aliphatic carbocycles. The van der Waals surface area contributed by atoms with Crippen LogP contribution < -0.4 is 9.46 Å². The number of ether oxygens (including phenoxy) is 1. The topological polar surface area (TPSA) is 113 Å². The Morgan fingerprint density at radius 2 is 2.00 bits per heavy atom. The first-order valence-electron chi connectivity index (χ1n) is 6.27. The summed E-state index contributed by atoms with van der Waals surface area (Å²) in [4.78, 5) is 10.7. The number of benzene rings is 1. The molecule has 0 amide bonds. The highest BCUT2D eigenvalue weighted by Crippen LogP contribution is 2.25. The Kier molecular flexibility index (Phi) is 5.70. The zero-order valence-corrected chi connectivity index (χ0v) is 12.8. The van der Waals surface area contributed by atoms with Crippen molar-refractivity contribution in [1.29, 1.82) is 0 Å². The molecule has 21 heavy (non-hydrogen) atoms. The molecule has 0 aromatic heterocycles. The van der Waals surface area contributed by atoms with E-state index in [0.717, 1.165) is 6.07 Å². The van der Waals surface area contributed by atoms with Crippen molar-refractivity contribution in [3.8, 4) is 5.75 Å². The molecule has 8 heteroatoms. The van der Waals surface area contributed by atoms with E-state index in [1.165, 1.54) is 19.2 Å². The lowest BCUT2D eigenvalue weighted by atomic mass is 10.1. The summed E-state index contributed by atoms with van der Waals surface area (Å²) in [5.41, 5.74) is -0.0756. The zero-order chi connectivity index (χ0) is 16.2. The number of hydrogen-bond acceptors (Lipinski definition) is 5. The molecule has 0 heterocycles. The lowest BCUT2D eigenvalue weighted by Crippen LogP contribution is -2.41. The van der Waals surface area contributed by atoms with Gasteiger partial charge in [0.25, 0.3) is 0 Å². The van der Waals surface area contributed by atoms with Gasteiger partial charge in [-0.3, -0.25) is 0 Å². The second-order valence-electron chi connectivity index (χ2n) is 4.83. The Labute approximate surface area is 123 Å². The van der Waals surface area contributed by atoms with Gasteiger partial charge in [-0.15, -0.1) is 0 Å². The molecule has 0 aliphatic heterocycles. The maximum absolute atomic E-state index is 12.3. The van der Waals surface area contributed by atoms with Crippen LogP contribution in [0, 0.1) is 5.92 Å². The minimum atomic E-state index is -3.93. The molecular formula is C13H19NO6S. The van der Waals surface area contributed by atoms with Gasteiger partial charge >= 0.3 is 5.97 Å². The van der Waals surface area contributed by atoms with Gasteiger partial charge in [-0.25, -0.2) is 17.9 Å². The first kappa shape index (κ1) is 17.4. The molecule has 1 rings (SSSR count). The number of hydrogen-bond donors (Lipinski definition) is 3. The van der Waals surface area contributed by atoms with Crippen molar-refractivity contribution in [3.05, 3.63) is 23.8 Å². The van der Waals surface area contributed by atoms with Gasteiger partial charge in [0.05, 0.1) is 19.3 Å². The molecule has 3 N–H and O–H groups in total. The van der Waals surface area contributed by atoms with Gasteiger partial charge in [0, 0.05) is 6.04 Å². The summed E-state index contributed by atoms with van der Waals surface area (Å²) in [6.07, 6.45) is 0. The second kappa shape index (κ2) is 6.88. The van der Waals surface area contributed by atoms with E-state index in [4.69, 9.17) is 9.84 Å². The first-order chi connectivity index (χ1) is 9.72. The SMILES string of the molecule is COc1cc(C(=O)O)ccc1S(=O)(=O)N[C@H](CO)C(C)C. The third-order valence-electron chi connectivity index (χ3n) is 3.01. The lowest BCUT2D eigenvalue weighted by Gasteiger charge is -2.20. The molecule has 0 saturated carbocycles. The highest BCUT2D eigenvalue weighted by Gasteiger charge is 2.25. The third-order valence-corrected chi connectivity index (χ3v) is 4.54. The standard InChI is InChI=1S/C13H19NO6S/c1-8(2)10(7-15)14-21(18,19)12-5-4-9(13(16)17)6-11(12)20-3/h4-6,8,10,14-15H,7H2,1-3H3,(H,16,17)/t10-/m1/s1. The molecule has 1 atom stereocenters. The minimum absolute atomic E-state index is 0.0668. The third kappa shape index (κ3) is 4.16. The number of aromatic carboxylic acids is 1. The fourth-order valence-electron chi connectivity index (χ4n) is 1.67. The molecule has 0 spiro atoms. The van der Waals surface area contributed by atoms with Crippen LogP contribution in [0.4, 0.5) is 0 Å². The number of aliphatic hydroxyl groups excluding tert-OH is 1. The zero-order valence-electron chi connectivity index (χ0n) is 12.0. The summed E-state index contributed by atoms with van der Waals surface area (Å²) in [5, 5.41) is 18.1. The molecule has 1 aromatic carbocycles. The quantitative estimate of drug-likeness (QED) is 0.682. The number of aliphatic hydroxyl groups is 1. The molecule has 118 valence electrons. The summed E-state index contributed by atoms with van der Waals surface area (Å²) >= 11 is 0. The summed E-state index contributed by atoms with van der Waals surface area (Å²) in [7, 11) is -2.67. The fraction of sp³-hybridized carbons (Fsp3) is 0.462. The molecule has 1 aromatic rings. The van der Waals surface area contributed by atoms with Crippen molar-refractivity contribution in [3.63, 3.8) is 0 Å². The number of carboxylic acid groups (broad SMARTS) is 1. The Morgan fingerprint density at radius 3 is 2.43 bits per heavy atom. The molecule has 7 nitrogen and oxygen atoms in total. The van der Waals surface area contributed by atoms with E-state index in [1.54, 1.807) is 13.8 Å².